The fraction of sp³-hybridized carbons (Fsp3) is 0.450. The molecule has 0 aliphatic carbocycles. The minimum absolute atomic E-state index is 0.0473. The van der Waals surface area contributed by atoms with Crippen molar-refractivity contribution in [3.05, 3.63) is 52.3 Å². The van der Waals surface area contributed by atoms with Crippen LogP contribution >= 0.6 is 11.8 Å². The lowest BCUT2D eigenvalue weighted by Gasteiger charge is -2.16. The number of carbonyl (C=O) groups excluding carboxylic acids is 1. The lowest BCUT2D eigenvalue weighted by molar-refractivity contribution is 0.102. The van der Waals surface area contributed by atoms with E-state index in [1.54, 1.807) is 11.8 Å². The molecule has 0 N–H and O–H groups in total. The van der Waals surface area contributed by atoms with Crippen LogP contribution in [0.3, 0.4) is 0 Å². The van der Waals surface area contributed by atoms with Crippen LogP contribution in [0.25, 0.3) is 0 Å². The van der Waals surface area contributed by atoms with Crippen molar-refractivity contribution in [1.82, 2.24) is 4.57 Å². The van der Waals surface area contributed by atoms with Crippen LogP contribution in [-0.4, -0.2) is 36.0 Å². The van der Waals surface area contributed by atoms with Crippen molar-refractivity contribution in [3.8, 4) is 0 Å². The Morgan fingerprint density at radius 1 is 1.15 bits per heavy atom. The minimum atomic E-state index is -2.95. The first kappa shape index (κ1) is 19.2. The van der Waals surface area contributed by atoms with Crippen LogP contribution < -0.4 is 0 Å². The Kier molecular flexibility index (Phi) is 5.35. The van der Waals surface area contributed by atoms with Crippen LogP contribution in [0.1, 0.15) is 45.3 Å². The Balaban J connectivity index is 1.76. The predicted octanol–water partition coefficient (Wildman–Crippen LogP) is 4.06. The largest absolute Gasteiger partial charge is 0.344 e. The Hall–Kier alpha value is -1.53. The molecule has 2 aromatic rings. The topological polar surface area (TPSA) is 56.1 Å². The van der Waals surface area contributed by atoms with Crippen LogP contribution in [0.4, 0.5) is 0 Å². The smallest absolute Gasteiger partial charge is 0.174 e. The molecule has 0 saturated carbocycles. The first-order chi connectivity index (χ1) is 12.2. The van der Waals surface area contributed by atoms with Gasteiger partial charge < -0.3 is 4.57 Å². The maximum atomic E-state index is 12.7. The van der Waals surface area contributed by atoms with Crippen molar-refractivity contribution < 1.29 is 13.2 Å². The summed E-state index contributed by atoms with van der Waals surface area (Å²) in [6.07, 6.45) is 0.629. The molecule has 2 heterocycles. The molecule has 3 rings (SSSR count). The second-order valence-corrected chi connectivity index (χ2v) is 10.4. The number of ketones is 1. The zero-order valence-corrected chi connectivity index (χ0v) is 17.3. The van der Waals surface area contributed by atoms with Gasteiger partial charge in [-0.3, -0.25) is 4.79 Å². The highest BCUT2D eigenvalue weighted by atomic mass is 32.2. The Labute approximate surface area is 159 Å². The van der Waals surface area contributed by atoms with Crippen LogP contribution in [0.2, 0.25) is 0 Å². The third kappa shape index (κ3) is 3.91. The third-order valence-electron chi connectivity index (χ3n) is 5.21. The molecule has 1 atom stereocenters. The lowest BCUT2D eigenvalue weighted by Crippen LogP contribution is -2.14. The molecule has 4 nitrogen and oxygen atoms in total. The molecule has 0 unspecified atom stereocenters. The van der Waals surface area contributed by atoms with E-state index in [0.29, 0.717) is 17.7 Å². The van der Waals surface area contributed by atoms with Gasteiger partial charge in [0.05, 0.1) is 17.3 Å². The average Bonchev–Trinajstić information content (AvgIpc) is 3.07. The molecule has 0 spiro atoms. The molecule has 1 aliphatic heterocycles. The average molecular weight is 392 g/mol. The number of Topliss-reactive ketones (excluding diaryl/α,β-unsaturated/α-hetero) is 1. The number of thioether (sulfide) groups is 1. The van der Waals surface area contributed by atoms with Crippen molar-refractivity contribution in [2.75, 3.05) is 17.3 Å². The second-order valence-electron chi connectivity index (χ2n) is 7.17. The zero-order valence-electron chi connectivity index (χ0n) is 15.7. The van der Waals surface area contributed by atoms with E-state index >= 15 is 0 Å². The summed E-state index contributed by atoms with van der Waals surface area (Å²) >= 11 is 1.55. The minimum Gasteiger partial charge on any atom is -0.344 e. The summed E-state index contributed by atoms with van der Waals surface area (Å²) < 4.78 is 25.6. The number of benzene rings is 1. The summed E-state index contributed by atoms with van der Waals surface area (Å²) in [5.74, 6) is 0.888. The van der Waals surface area contributed by atoms with Crippen molar-refractivity contribution in [1.29, 1.82) is 0 Å². The molecule has 0 bridgehead atoms. The summed E-state index contributed by atoms with van der Waals surface area (Å²) in [5.41, 5.74) is 5.03. The van der Waals surface area contributed by atoms with Gasteiger partial charge in [-0.15, -0.1) is 11.8 Å². The predicted molar refractivity (Wildman–Crippen MR) is 107 cm³/mol. The number of aromatic nitrogens is 1. The van der Waals surface area contributed by atoms with Gasteiger partial charge in [0.25, 0.3) is 0 Å². The van der Waals surface area contributed by atoms with Gasteiger partial charge in [0.15, 0.2) is 15.6 Å². The molecule has 1 fully saturated rings. The molecule has 0 radical (unpaired) electrons. The van der Waals surface area contributed by atoms with Gasteiger partial charge in [-0.05, 0) is 63.4 Å². The maximum absolute atomic E-state index is 12.7. The standard InChI is InChI=1S/C20H25NO3S2/c1-13-5-6-18(9-14(13)2)25-11-20(22)19-10-15(3)21(16(19)4)17-7-8-26(23,24)12-17/h5-6,9-10,17H,7-8,11-12H2,1-4H3/t17-/m0/s1. The van der Waals surface area contributed by atoms with Crippen molar-refractivity contribution in [2.45, 2.75) is 45.1 Å². The van der Waals surface area contributed by atoms with E-state index in [9.17, 15) is 13.2 Å². The van der Waals surface area contributed by atoms with Gasteiger partial charge in [0, 0.05) is 27.9 Å². The van der Waals surface area contributed by atoms with Gasteiger partial charge >= 0.3 is 0 Å². The fourth-order valence-electron chi connectivity index (χ4n) is 3.63. The number of hydrogen-bond donors (Lipinski definition) is 0. The Morgan fingerprint density at radius 3 is 2.50 bits per heavy atom. The van der Waals surface area contributed by atoms with Crippen LogP contribution in [0, 0.1) is 27.7 Å². The first-order valence-corrected chi connectivity index (χ1v) is 11.6. The van der Waals surface area contributed by atoms with Crippen molar-refractivity contribution >= 4 is 27.4 Å². The molecule has 1 saturated heterocycles. The maximum Gasteiger partial charge on any atom is 0.174 e. The van der Waals surface area contributed by atoms with Crippen molar-refractivity contribution in [2.24, 2.45) is 0 Å². The van der Waals surface area contributed by atoms with Crippen LogP contribution in [0.15, 0.2) is 29.2 Å². The highest BCUT2D eigenvalue weighted by Crippen LogP contribution is 2.30. The zero-order chi connectivity index (χ0) is 19.1. The highest BCUT2D eigenvalue weighted by molar-refractivity contribution is 8.00. The highest BCUT2D eigenvalue weighted by Gasteiger charge is 2.31. The fourth-order valence-corrected chi connectivity index (χ4v) is 6.21. The number of aryl methyl sites for hydroxylation is 3. The Morgan fingerprint density at radius 2 is 1.88 bits per heavy atom. The van der Waals surface area contributed by atoms with E-state index in [2.05, 4.69) is 26.0 Å². The molecular formula is C20H25NO3S2. The SMILES string of the molecule is Cc1ccc(SCC(=O)c2cc(C)n([C@H]3CCS(=O)(=O)C3)c2C)cc1C. The normalized spacial score (nSPS) is 19.0. The van der Waals surface area contributed by atoms with E-state index in [-0.39, 0.29) is 23.3 Å². The second kappa shape index (κ2) is 7.24. The summed E-state index contributed by atoms with van der Waals surface area (Å²) in [6, 6.07) is 8.10. The molecule has 1 aliphatic rings. The first-order valence-electron chi connectivity index (χ1n) is 8.80. The number of sulfone groups is 1. The molecule has 26 heavy (non-hydrogen) atoms. The van der Waals surface area contributed by atoms with E-state index in [1.165, 1.54) is 11.1 Å². The molecule has 0 amide bonds. The monoisotopic (exact) mass is 391 g/mol. The van der Waals surface area contributed by atoms with Gasteiger partial charge in [-0.1, -0.05) is 6.07 Å². The van der Waals surface area contributed by atoms with Crippen molar-refractivity contribution in [3.63, 3.8) is 0 Å². The van der Waals surface area contributed by atoms with E-state index in [4.69, 9.17) is 0 Å². The van der Waals surface area contributed by atoms with E-state index in [1.807, 2.05) is 30.5 Å². The van der Waals surface area contributed by atoms with E-state index < -0.39 is 9.84 Å². The molecule has 1 aromatic heterocycles. The van der Waals surface area contributed by atoms with Crippen LogP contribution in [-0.2, 0) is 9.84 Å². The lowest BCUT2D eigenvalue weighted by atomic mass is 10.1. The molecule has 6 heteroatoms. The summed E-state index contributed by atoms with van der Waals surface area (Å²) in [7, 11) is -2.95. The number of hydrogen-bond acceptors (Lipinski definition) is 4. The van der Waals surface area contributed by atoms with Gasteiger partial charge in [-0.25, -0.2) is 8.42 Å². The Bertz CT molecular complexity index is 958. The number of rotatable bonds is 5. The molecule has 1 aromatic carbocycles. The summed E-state index contributed by atoms with van der Waals surface area (Å²) in [4.78, 5) is 13.8. The third-order valence-corrected chi connectivity index (χ3v) is 7.95. The quantitative estimate of drug-likeness (QED) is 0.570. The molecule has 140 valence electrons. The van der Waals surface area contributed by atoms with E-state index in [0.717, 1.165) is 16.3 Å². The van der Waals surface area contributed by atoms with Gasteiger partial charge in [0.2, 0.25) is 0 Å². The number of carbonyl (C=O) groups is 1. The summed E-state index contributed by atoms with van der Waals surface area (Å²) in [5, 5.41) is 0. The van der Waals surface area contributed by atoms with Gasteiger partial charge in [0.1, 0.15) is 0 Å². The van der Waals surface area contributed by atoms with Crippen LogP contribution in [0.5, 0.6) is 0 Å². The number of nitrogens with zero attached hydrogens (tertiary/aromatic N) is 1. The van der Waals surface area contributed by atoms with Gasteiger partial charge in [-0.2, -0.15) is 0 Å². The molecular weight excluding hydrogens is 366 g/mol. The summed E-state index contributed by atoms with van der Waals surface area (Å²) in [6.45, 7) is 8.02.